The number of nitrogens with one attached hydrogen (secondary N) is 2. The van der Waals surface area contributed by atoms with Crippen molar-refractivity contribution in [3.05, 3.63) is 59.7 Å². The molecule has 2 aromatic rings. The molecular formula is C16H18FN3O. The third kappa shape index (κ3) is 4.56. The Morgan fingerprint density at radius 1 is 1.24 bits per heavy atom. The first-order chi connectivity index (χ1) is 10.2. The van der Waals surface area contributed by atoms with Gasteiger partial charge in [0, 0.05) is 25.0 Å². The molecule has 0 saturated heterocycles. The number of benzene rings is 1. The molecule has 0 aliphatic rings. The maximum absolute atomic E-state index is 12.8. The van der Waals surface area contributed by atoms with Gasteiger partial charge >= 0.3 is 0 Å². The van der Waals surface area contributed by atoms with Gasteiger partial charge < -0.3 is 10.6 Å². The predicted octanol–water partition coefficient (Wildman–Crippen LogP) is 2.63. The van der Waals surface area contributed by atoms with Crippen LogP contribution in [0.3, 0.4) is 0 Å². The summed E-state index contributed by atoms with van der Waals surface area (Å²) in [5.41, 5.74) is 2.23. The van der Waals surface area contributed by atoms with Crippen molar-refractivity contribution in [2.24, 2.45) is 0 Å². The third-order valence-corrected chi connectivity index (χ3v) is 2.99. The first kappa shape index (κ1) is 15.0. The van der Waals surface area contributed by atoms with Crippen molar-refractivity contribution in [1.82, 2.24) is 10.3 Å². The molecule has 21 heavy (non-hydrogen) atoms. The fourth-order valence-corrected chi connectivity index (χ4v) is 1.93. The molecule has 110 valence electrons. The zero-order chi connectivity index (χ0) is 15.1. The van der Waals surface area contributed by atoms with Gasteiger partial charge in [0.1, 0.15) is 11.5 Å². The number of hydrogen-bond donors (Lipinski definition) is 2. The number of carbonyl (C=O) groups is 1. The summed E-state index contributed by atoms with van der Waals surface area (Å²) in [4.78, 5) is 16.0. The highest BCUT2D eigenvalue weighted by Gasteiger charge is 2.07. The molecule has 2 rings (SSSR count). The van der Waals surface area contributed by atoms with Gasteiger partial charge in [-0.05, 0) is 43.2 Å². The van der Waals surface area contributed by atoms with Gasteiger partial charge in [-0.2, -0.15) is 0 Å². The molecule has 0 aliphatic heterocycles. The first-order valence-corrected chi connectivity index (χ1v) is 6.91. The largest absolute Gasteiger partial charge is 0.385 e. The van der Waals surface area contributed by atoms with Crippen LogP contribution in [0.25, 0.3) is 0 Å². The molecule has 0 aliphatic carbocycles. The first-order valence-electron chi connectivity index (χ1n) is 6.91. The summed E-state index contributed by atoms with van der Waals surface area (Å²) in [6, 6.07) is 9.80. The lowest BCUT2D eigenvalue weighted by Gasteiger charge is -2.07. The molecule has 1 aromatic carbocycles. The molecule has 0 saturated carbocycles. The lowest BCUT2D eigenvalue weighted by atomic mass is 10.1. The minimum absolute atomic E-state index is 0.211. The van der Waals surface area contributed by atoms with Gasteiger partial charge in [0.15, 0.2) is 0 Å². The smallest absolute Gasteiger partial charge is 0.269 e. The Kier molecular flexibility index (Phi) is 5.26. The Morgan fingerprint density at radius 2 is 2.00 bits per heavy atom. The van der Waals surface area contributed by atoms with Crippen LogP contribution in [0.2, 0.25) is 0 Å². The Labute approximate surface area is 123 Å². The zero-order valence-electron chi connectivity index (χ0n) is 11.9. The summed E-state index contributed by atoms with van der Waals surface area (Å²) in [5.74, 6) is -0.468. The van der Waals surface area contributed by atoms with Crippen molar-refractivity contribution in [1.29, 1.82) is 0 Å². The monoisotopic (exact) mass is 287 g/mol. The van der Waals surface area contributed by atoms with E-state index in [0.717, 1.165) is 17.8 Å². The summed E-state index contributed by atoms with van der Waals surface area (Å²) < 4.78 is 12.8. The fourth-order valence-electron chi connectivity index (χ4n) is 1.93. The average molecular weight is 287 g/mol. The molecule has 0 atom stereocenters. The van der Waals surface area contributed by atoms with Crippen molar-refractivity contribution in [2.45, 2.75) is 13.3 Å². The van der Waals surface area contributed by atoms with E-state index in [0.29, 0.717) is 18.7 Å². The van der Waals surface area contributed by atoms with E-state index in [1.165, 1.54) is 12.1 Å². The van der Waals surface area contributed by atoms with Gasteiger partial charge in [0.2, 0.25) is 0 Å². The molecule has 0 bridgehead atoms. The van der Waals surface area contributed by atoms with Crippen LogP contribution in [-0.2, 0) is 6.42 Å². The fraction of sp³-hybridized carbons (Fsp3) is 0.250. The number of rotatable bonds is 6. The Morgan fingerprint density at radius 3 is 2.71 bits per heavy atom. The van der Waals surface area contributed by atoms with E-state index in [4.69, 9.17) is 0 Å². The normalized spacial score (nSPS) is 10.2. The van der Waals surface area contributed by atoms with Gasteiger partial charge in [0.25, 0.3) is 5.91 Å². The van der Waals surface area contributed by atoms with Crippen LogP contribution in [-0.4, -0.2) is 24.0 Å². The number of amides is 1. The van der Waals surface area contributed by atoms with Crippen molar-refractivity contribution >= 4 is 11.6 Å². The number of nitrogens with zero attached hydrogens (tertiary/aromatic N) is 1. The summed E-state index contributed by atoms with van der Waals surface area (Å²) in [6.07, 6.45) is 2.26. The molecule has 0 unspecified atom stereocenters. The van der Waals surface area contributed by atoms with E-state index in [2.05, 4.69) is 15.6 Å². The van der Waals surface area contributed by atoms with Gasteiger partial charge in [-0.1, -0.05) is 12.1 Å². The summed E-state index contributed by atoms with van der Waals surface area (Å²) in [6.45, 7) is 3.26. The van der Waals surface area contributed by atoms with Crippen molar-refractivity contribution in [2.75, 3.05) is 18.4 Å². The summed E-state index contributed by atoms with van der Waals surface area (Å²) >= 11 is 0. The second-order valence-corrected chi connectivity index (χ2v) is 4.59. The highest BCUT2D eigenvalue weighted by atomic mass is 19.1. The van der Waals surface area contributed by atoms with E-state index >= 15 is 0 Å². The Hall–Kier alpha value is -2.43. The van der Waals surface area contributed by atoms with Gasteiger partial charge in [-0.25, -0.2) is 4.39 Å². The molecule has 0 fully saturated rings. The molecule has 5 heteroatoms. The standard InChI is InChI=1S/C16H18FN3O/c1-2-18-14-8-10-19-15(11-14)16(21)20-9-7-12-3-5-13(17)6-4-12/h3-6,8,10-11H,2,7,9H2,1H3,(H,18,19)(H,20,21). The van der Waals surface area contributed by atoms with Crippen molar-refractivity contribution in [3.63, 3.8) is 0 Å². The minimum Gasteiger partial charge on any atom is -0.385 e. The van der Waals surface area contributed by atoms with Crippen molar-refractivity contribution in [3.8, 4) is 0 Å². The third-order valence-electron chi connectivity index (χ3n) is 2.99. The van der Waals surface area contributed by atoms with Crippen LogP contribution < -0.4 is 10.6 Å². The highest BCUT2D eigenvalue weighted by molar-refractivity contribution is 5.93. The minimum atomic E-state index is -0.257. The molecular weight excluding hydrogens is 269 g/mol. The van der Waals surface area contributed by atoms with Crippen LogP contribution in [0.5, 0.6) is 0 Å². The van der Waals surface area contributed by atoms with Gasteiger partial charge in [-0.3, -0.25) is 9.78 Å². The highest BCUT2D eigenvalue weighted by Crippen LogP contribution is 2.07. The molecule has 1 heterocycles. The SMILES string of the molecule is CCNc1ccnc(C(=O)NCCc2ccc(F)cc2)c1. The molecule has 1 aromatic heterocycles. The van der Waals surface area contributed by atoms with Gasteiger partial charge in [-0.15, -0.1) is 0 Å². The van der Waals surface area contributed by atoms with E-state index in [1.54, 1.807) is 24.4 Å². The Bertz CT molecular complexity index is 599. The molecule has 4 nitrogen and oxygen atoms in total. The number of carbonyl (C=O) groups excluding carboxylic acids is 1. The van der Waals surface area contributed by atoms with E-state index in [9.17, 15) is 9.18 Å². The predicted molar refractivity (Wildman–Crippen MR) is 80.8 cm³/mol. The quantitative estimate of drug-likeness (QED) is 0.858. The van der Waals surface area contributed by atoms with Crippen molar-refractivity contribution < 1.29 is 9.18 Å². The van der Waals surface area contributed by atoms with Crippen LogP contribution in [0.4, 0.5) is 10.1 Å². The topological polar surface area (TPSA) is 54.0 Å². The zero-order valence-corrected chi connectivity index (χ0v) is 11.9. The average Bonchev–Trinajstić information content (AvgIpc) is 2.50. The number of pyridine rings is 1. The van der Waals surface area contributed by atoms with E-state index in [-0.39, 0.29) is 11.7 Å². The summed E-state index contributed by atoms with van der Waals surface area (Å²) in [7, 11) is 0. The second kappa shape index (κ2) is 7.38. The maximum atomic E-state index is 12.8. The number of hydrogen-bond acceptors (Lipinski definition) is 3. The van der Waals surface area contributed by atoms with E-state index in [1.807, 2.05) is 13.0 Å². The second-order valence-electron chi connectivity index (χ2n) is 4.59. The number of anilines is 1. The molecule has 2 N–H and O–H groups in total. The lowest BCUT2D eigenvalue weighted by Crippen LogP contribution is -2.26. The van der Waals surface area contributed by atoms with Crippen LogP contribution in [0, 0.1) is 5.82 Å². The Balaban J connectivity index is 1.86. The van der Waals surface area contributed by atoms with Crippen LogP contribution in [0.15, 0.2) is 42.6 Å². The van der Waals surface area contributed by atoms with Crippen LogP contribution in [0.1, 0.15) is 23.0 Å². The number of halogens is 1. The van der Waals surface area contributed by atoms with Crippen LogP contribution >= 0.6 is 0 Å². The van der Waals surface area contributed by atoms with E-state index < -0.39 is 0 Å². The molecule has 0 spiro atoms. The lowest BCUT2D eigenvalue weighted by molar-refractivity contribution is 0.0949. The van der Waals surface area contributed by atoms with Gasteiger partial charge in [0.05, 0.1) is 0 Å². The molecule has 0 radical (unpaired) electrons. The summed E-state index contributed by atoms with van der Waals surface area (Å²) in [5, 5.41) is 5.94. The number of aromatic nitrogens is 1. The maximum Gasteiger partial charge on any atom is 0.269 e. The molecule has 1 amide bonds.